The lowest BCUT2D eigenvalue weighted by atomic mass is 10.1. The summed E-state index contributed by atoms with van der Waals surface area (Å²) in [4.78, 5) is 31.2. The summed E-state index contributed by atoms with van der Waals surface area (Å²) >= 11 is 0. The molecule has 144 valence electrons. The van der Waals surface area contributed by atoms with Crippen LogP contribution in [0, 0.1) is 0 Å². The third-order valence-electron chi connectivity index (χ3n) is 5.46. The molecule has 5 nitrogen and oxygen atoms in total. The Kier molecular flexibility index (Phi) is 5.65. The Morgan fingerprint density at radius 3 is 2.18 bits per heavy atom. The largest absolute Gasteiger partial charge is 0.297 e. The number of carbonyl (C=O) groups is 2. The molecule has 5 heteroatoms. The van der Waals surface area contributed by atoms with E-state index in [9.17, 15) is 9.59 Å². The maximum atomic E-state index is 12.9. The number of imide groups is 1. The van der Waals surface area contributed by atoms with E-state index in [2.05, 4.69) is 34.1 Å². The van der Waals surface area contributed by atoms with Gasteiger partial charge in [0.2, 0.25) is 5.91 Å². The zero-order valence-electron chi connectivity index (χ0n) is 15.9. The number of nitrogens with zero attached hydrogens (tertiary/aromatic N) is 3. The Bertz CT molecular complexity index is 843. The molecule has 28 heavy (non-hydrogen) atoms. The second-order valence-corrected chi connectivity index (χ2v) is 7.27. The highest BCUT2D eigenvalue weighted by Crippen LogP contribution is 2.26. The van der Waals surface area contributed by atoms with Crippen LogP contribution in [0.3, 0.4) is 0 Å². The molecule has 2 saturated heterocycles. The highest BCUT2D eigenvalue weighted by Gasteiger charge is 2.43. The molecular weight excluding hydrogens is 350 g/mol. The highest BCUT2D eigenvalue weighted by atomic mass is 16.2. The average Bonchev–Trinajstić information content (AvgIpc) is 3.04. The van der Waals surface area contributed by atoms with Gasteiger partial charge in [-0.15, -0.1) is 0 Å². The van der Waals surface area contributed by atoms with Crippen LogP contribution >= 0.6 is 0 Å². The summed E-state index contributed by atoms with van der Waals surface area (Å²) in [6.07, 6.45) is 4.61. The van der Waals surface area contributed by atoms with E-state index in [0.29, 0.717) is 5.69 Å². The molecule has 0 aromatic heterocycles. The Balaban J connectivity index is 1.31. The zero-order chi connectivity index (χ0) is 19.3. The van der Waals surface area contributed by atoms with Gasteiger partial charge in [-0.25, -0.2) is 4.90 Å². The van der Waals surface area contributed by atoms with Crippen molar-refractivity contribution in [2.45, 2.75) is 12.5 Å². The quantitative estimate of drug-likeness (QED) is 0.754. The van der Waals surface area contributed by atoms with Crippen molar-refractivity contribution in [2.24, 2.45) is 0 Å². The first-order chi connectivity index (χ1) is 13.7. The van der Waals surface area contributed by atoms with Gasteiger partial charge >= 0.3 is 0 Å². The van der Waals surface area contributed by atoms with Gasteiger partial charge in [-0.2, -0.15) is 0 Å². The summed E-state index contributed by atoms with van der Waals surface area (Å²) in [6, 6.07) is 19.2. The number of amides is 2. The van der Waals surface area contributed by atoms with E-state index in [4.69, 9.17) is 0 Å². The molecule has 1 unspecified atom stereocenters. The van der Waals surface area contributed by atoms with E-state index in [1.807, 2.05) is 48.5 Å². The van der Waals surface area contributed by atoms with Crippen LogP contribution in [0.25, 0.3) is 6.08 Å². The lowest BCUT2D eigenvalue weighted by Gasteiger charge is -2.36. The smallest absolute Gasteiger partial charge is 0.251 e. The topological polar surface area (TPSA) is 43.9 Å². The highest BCUT2D eigenvalue weighted by molar-refractivity contribution is 6.22. The van der Waals surface area contributed by atoms with E-state index in [1.54, 1.807) is 0 Å². The predicted molar refractivity (Wildman–Crippen MR) is 111 cm³/mol. The van der Waals surface area contributed by atoms with Crippen molar-refractivity contribution < 1.29 is 9.59 Å². The monoisotopic (exact) mass is 375 g/mol. The number of piperazine rings is 1. The maximum Gasteiger partial charge on any atom is 0.251 e. The molecule has 2 aromatic rings. The van der Waals surface area contributed by atoms with Gasteiger partial charge in [-0.3, -0.25) is 19.4 Å². The molecule has 0 aliphatic carbocycles. The summed E-state index contributed by atoms with van der Waals surface area (Å²) < 4.78 is 0. The van der Waals surface area contributed by atoms with Gasteiger partial charge in [0.25, 0.3) is 5.91 Å². The van der Waals surface area contributed by atoms with E-state index in [-0.39, 0.29) is 24.3 Å². The first-order valence-electron chi connectivity index (χ1n) is 9.82. The van der Waals surface area contributed by atoms with Gasteiger partial charge in [-0.05, 0) is 17.7 Å². The van der Waals surface area contributed by atoms with Crippen LogP contribution in [-0.4, -0.2) is 60.4 Å². The third-order valence-corrected chi connectivity index (χ3v) is 5.46. The van der Waals surface area contributed by atoms with E-state index in [1.165, 1.54) is 10.5 Å². The minimum atomic E-state index is -0.324. The minimum Gasteiger partial charge on any atom is -0.297 e. The molecule has 0 N–H and O–H groups in total. The standard InChI is InChI=1S/C23H25N3O2/c27-22-18-21(23(28)26(22)20-11-5-2-6-12-20)25-16-14-24(15-17-25)13-7-10-19-8-3-1-4-9-19/h1-12,21H,13-18H2. The lowest BCUT2D eigenvalue weighted by molar-refractivity contribution is -0.123. The van der Waals surface area contributed by atoms with Gasteiger partial charge in [0, 0.05) is 32.7 Å². The van der Waals surface area contributed by atoms with Gasteiger partial charge in [-0.1, -0.05) is 60.7 Å². The van der Waals surface area contributed by atoms with Crippen LogP contribution in [0.15, 0.2) is 66.7 Å². The second-order valence-electron chi connectivity index (χ2n) is 7.27. The van der Waals surface area contributed by atoms with Crippen LogP contribution in [0.1, 0.15) is 12.0 Å². The van der Waals surface area contributed by atoms with Crippen molar-refractivity contribution in [3.63, 3.8) is 0 Å². The predicted octanol–water partition coefficient (Wildman–Crippen LogP) is 2.65. The van der Waals surface area contributed by atoms with E-state index in [0.717, 1.165) is 32.7 Å². The molecule has 2 amide bonds. The van der Waals surface area contributed by atoms with Crippen molar-refractivity contribution in [1.82, 2.24) is 9.80 Å². The molecule has 2 fully saturated rings. The van der Waals surface area contributed by atoms with Crippen LogP contribution in [0.5, 0.6) is 0 Å². The number of anilines is 1. The van der Waals surface area contributed by atoms with Gasteiger partial charge in [0.15, 0.2) is 0 Å². The maximum absolute atomic E-state index is 12.9. The number of rotatable bonds is 5. The zero-order valence-corrected chi connectivity index (χ0v) is 15.9. The van der Waals surface area contributed by atoms with E-state index < -0.39 is 0 Å². The van der Waals surface area contributed by atoms with E-state index >= 15 is 0 Å². The summed E-state index contributed by atoms with van der Waals surface area (Å²) in [6.45, 7) is 4.33. The first-order valence-corrected chi connectivity index (χ1v) is 9.82. The van der Waals surface area contributed by atoms with Crippen LogP contribution < -0.4 is 4.90 Å². The number of hydrogen-bond donors (Lipinski definition) is 0. The van der Waals surface area contributed by atoms with Crippen molar-refractivity contribution >= 4 is 23.6 Å². The Morgan fingerprint density at radius 1 is 0.857 bits per heavy atom. The van der Waals surface area contributed by atoms with Crippen LogP contribution in [-0.2, 0) is 9.59 Å². The number of hydrogen-bond acceptors (Lipinski definition) is 4. The lowest BCUT2D eigenvalue weighted by Crippen LogP contribution is -2.52. The molecule has 1 atom stereocenters. The van der Waals surface area contributed by atoms with Crippen LogP contribution in [0.4, 0.5) is 5.69 Å². The molecule has 0 radical (unpaired) electrons. The van der Waals surface area contributed by atoms with Crippen molar-refractivity contribution in [2.75, 3.05) is 37.6 Å². The molecule has 2 aliphatic rings. The number of carbonyl (C=O) groups excluding carboxylic acids is 2. The Labute approximate surface area is 165 Å². The fourth-order valence-corrected chi connectivity index (χ4v) is 3.91. The SMILES string of the molecule is O=C1CC(N2CCN(CC=Cc3ccccc3)CC2)C(=O)N1c1ccccc1. The van der Waals surface area contributed by atoms with Crippen molar-refractivity contribution in [3.05, 3.63) is 72.3 Å². The van der Waals surface area contributed by atoms with Gasteiger partial charge in [0.05, 0.1) is 18.2 Å². The van der Waals surface area contributed by atoms with Gasteiger partial charge in [0.1, 0.15) is 0 Å². The first kappa shape index (κ1) is 18.6. The number of benzene rings is 2. The van der Waals surface area contributed by atoms with Gasteiger partial charge < -0.3 is 0 Å². The molecule has 4 rings (SSSR count). The average molecular weight is 375 g/mol. The molecule has 2 aromatic carbocycles. The molecule has 2 aliphatic heterocycles. The Hall–Kier alpha value is -2.76. The molecule has 0 bridgehead atoms. The summed E-state index contributed by atoms with van der Waals surface area (Å²) in [5, 5.41) is 0. The third kappa shape index (κ3) is 4.06. The normalized spacial score (nSPS) is 21.7. The minimum absolute atomic E-state index is 0.0892. The molecule has 2 heterocycles. The fourth-order valence-electron chi connectivity index (χ4n) is 3.91. The number of para-hydroxylation sites is 1. The molecule has 0 saturated carbocycles. The van der Waals surface area contributed by atoms with Crippen molar-refractivity contribution in [3.8, 4) is 0 Å². The summed E-state index contributed by atoms with van der Waals surface area (Å²) in [7, 11) is 0. The summed E-state index contributed by atoms with van der Waals surface area (Å²) in [5.41, 5.74) is 1.88. The molecule has 0 spiro atoms. The van der Waals surface area contributed by atoms with Crippen LogP contribution in [0.2, 0.25) is 0 Å². The Morgan fingerprint density at radius 2 is 1.50 bits per heavy atom. The second kappa shape index (κ2) is 8.50. The summed E-state index contributed by atoms with van der Waals surface area (Å²) in [5.74, 6) is -0.192. The van der Waals surface area contributed by atoms with Crippen molar-refractivity contribution in [1.29, 1.82) is 0 Å². The molecular formula is C23H25N3O2. The fraction of sp³-hybridized carbons (Fsp3) is 0.304.